The van der Waals surface area contributed by atoms with E-state index in [4.69, 9.17) is 10.2 Å². The summed E-state index contributed by atoms with van der Waals surface area (Å²) in [7, 11) is 0. The molecular weight excluding hydrogens is 268 g/mol. The smallest absolute Gasteiger partial charge is 0.140 e. The minimum atomic E-state index is 0.447. The SMILES string of the molecule is N#Cc1ccc(NCCc2nc3c(s2)CCCC3)cn1. The summed E-state index contributed by atoms with van der Waals surface area (Å²) in [5.74, 6) is 0. The van der Waals surface area contributed by atoms with Gasteiger partial charge in [-0.1, -0.05) is 0 Å². The van der Waals surface area contributed by atoms with Gasteiger partial charge in [0.15, 0.2) is 0 Å². The number of nitrogens with one attached hydrogen (secondary N) is 1. The second kappa shape index (κ2) is 6.02. The zero-order valence-corrected chi connectivity index (χ0v) is 12.0. The fourth-order valence-corrected chi connectivity index (χ4v) is 3.55. The molecule has 2 heterocycles. The van der Waals surface area contributed by atoms with E-state index in [2.05, 4.69) is 10.3 Å². The molecule has 0 saturated heterocycles. The average molecular weight is 284 g/mol. The Balaban J connectivity index is 1.54. The van der Waals surface area contributed by atoms with Crippen LogP contribution in [-0.2, 0) is 19.3 Å². The Bertz CT molecular complexity index is 601. The molecule has 20 heavy (non-hydrogen) atoms. The first kappa shape index (κ1) is 13.1. The lowest BCUT2D eigenvalue weighted by Gasteiger charge is -2.06. The van der Waals surface area contributed by atoms with Gasteiger partial charge in [0.1, 0.15) is 11.8 Å². The van der Waals surface area contributed by atoms with Crippen LogP contribution in [-0.4, -0.2) is 16.5 Å². The predicted octanol–water partition coefficient (Wildman–Crippen LogP) is 2.94. The zero-order chi connectivity index (χ0) is 13.8. The number of aryl methyl sites for hydroxylation is 2. The van der Waals surface area contributed by atoms with Crippen molar-refractivity contribution in [1.29, 1.82) is 5.26 Å². The maximum Gasteiger partial charge on any atom is 0.140 e. The highest BCUT2D eigenvalue weighted by molar-refractivity contribution is 7.11. The third kappa shape index (κ3) is 2.97. The van der Waals surface area contributed by atoms with E-state index in [1.807, 2.05) is 23.5 Å². The van der Waals surface area contributed by atoms with E-state index in [0.29, 0.717) is 5.69 Å². The number of aromatic nitrogens is 2. The van der Waals surface area contributed by atoms with Gasteiger partial charge in [-0.3, -0.25) is 0 Å². The normalized spacial score (nSPS) is 13.6. The van der Waals surface area contributed by atoms with Gasteiger partial charge in [0, 0.05) is 17.8 Å². The molecule has 1 aliphatic carbocycles. The largest absolute Gasteiger partial charge is 0.383 e. The molecule has 5 heteroatoms. The van der Waals surface area contributed by atoms with Crippen molar-refractivity contribution in [3.05, 3.63) is 39.6 Å². The summed E-state index contributed by atoms with van der Waals surface area (Å²) in [6.45, 7) is 0.847. The van der Waals surface area contributed by atoms with E-state index in [0.717, 1.165) is 25.1 Å². The molecule has 3 rings (SSSR count). The van der Waals surface area contributed by atoms with Gasteiger partial charge in [-0.25, -0.2) is 9.97 Å². The van der Waals surface area contributed by atoms with E-state index < -0.39 is 0 Å². The Morgan fingerprint density at radius 1 is 1.30 bits per heavy atom. The number of nitrogens with zero attached hydrogens (tertiary/aromatic N) is 3. The van der Waals surface area contributed by atoms with Crippen LogP contribution in [0.4, 0.5) is 5.69 Å². The predicted molar refractivity (Wildman–Crippen MR) is 79.9 cm³/mol. The Kier molecular flexibility index (Phi) is 3.93. The Hall–Kier alpha value is -1.93. The molecule has 0 spiro atoms. The lowest BCUT2D eigenvalue weighted by Crippen LogP contribution is -2.05. The lowest BCUT2D eigenvalue weighted by atomic mass is 10.0. The molecule has 0 aromatic carbocycles. The van der Waals surface area contributed by atoms with Crippen LogP contribution in [0.25, 0.3) is 0 Å². The summed E-state index contributed by atoms with van der Waals surface area (Å²) >= 11 is 1.87. The van der Waals surface area contributed by atoms with Gasteiger partial charge in [0.25, 0.3) is 0 Å². The third-order valence-electron chi connectivity index (χ3n) is 3.44. The molecular formula is C15H16N4S. The third-order valence-corrected chi connectivity index (χ3v) is 4.65. The van der Waals surface area contributed by atoms with Crippen molar-refractivity contribution in [2.45, 2.75) is 32.1 Å². The molecule has 0 radical (unpaired) electrons. The van der Waals surface area contributed by atoms with Crippen LogP contribution < -0.4 is 5.32 Å². The van der Waals surface area contributed by atoms with Crippen LogP contribution in [0, 0.1) is 11.3 Å². The fourth-order valence-electron chi connectivity index (χ4n) is 2.39. The molecule has 2 aromatic heterocycles. The summed E-state index contributed by atoms with van der Waals surface area (Å²) in [5, 5.41) is 13.2. The number of rotatable bonds is 4. The maximum atomic E-state index is 8.69. The van der Waals surface area contributed by atoms with Crippen molar-refractivity contribution < 1.29 is 0 Å². The van der Waals surface area contributed by atoms with Crippen LogP contribution in [0.5, 0.6) is 0 Å². The number of thiazole rings is 1. The van der Waals surface area contributed by atoms with Crippen LogP contribution in [0.3, 0.4) is 0 Å². The summed E-state index contributed by atoms with van der Waals surface area (Å²) < 4.78 is 0. The van der Waals surface area contributed by atoms with Crippen molar-refractivity contribution in [1.82, 2.24) is 9.97 Å². The molecule has 0 fully saturated rings. The molecule has 0 amide bonds. The number of nitriles is 1. The summed E-state index contributed by atoms with van der Waals surface area (Å²) in [6, 6.07) is 5.63. The summed E-state index contributed by atoms with van der Waals surface area (Å²) in [5.41, 5.74) is 2.73. The molecule has 0 unspecified atom stereocenters. The number of fused-ring (bicyclic) bond motifs is 1. The van der Waals surface area contributed by atoms with Gasteiger partial charge < -0.3 is 5.32 Å². The van der Waals surface area contributed by atoms with Gasteiger partial charge >= 0.3 is 0 Å². The first-order chi connectivity index (χ1) is 9.85. The van der Waals surface area contributed by atoms with E-state index in [1.54, 1.807) is 12.3 Å². The second-order valence-electron chi connectivity index (χ2n) is 4.91. The van der Waals surface area contributed by atoms with E-state index >= 15 is 0 Å². The van der Waals surface area contributed by atoms with Crippen molar-refractivity contribution >= 4 is 17.0 Å². The topological polar surface area (TPSA) is 61.6 Å². The monoisotopic (exact) mass is 284 g/mol. The maximum absolute atomic E-state index is 8.69. The Labute approximate surface area is 122 Å². The van der Waals surface area contributed by atoms with Crippen LogP contribution in [0.15, 0.2) is 18.3 Å². The fraction of sp³-hybridized carbons (Fsp3) is 0.400. The number of anilines is 1. The first-order valence-electron chi connectivity index (χ1n) is 6.92. The average Bonchev–Trinajstić information content (AvgIpc) is 2.90. The van der Waals surface area contributed by atoms with E-state index in [1.165, 1.54) is 34.8 Å². The van der Waals surface area contributed by atoms with Crippen molar-refractivity contribution in [3.8, 4) is 6.07 Å². The number of pyridine rings is 1. The van der Waals surface area contributed by atoms with Gasteiger partial charge in [-0.15, -0.1) is 11.3 Å². The zero-order valence-electron chi connectivity index (χ0n) is 11.2. The molecule has 0 saturated carbocycles. The quantitative estimate of drug-likeness (QED) is 0.937. The molecule has 1 aliphatic rings. The van der Waals surface area contributed by atoms with Crippen molar-refractivity contribution in [2.24, 2.45) is 0 Å². The van der Waals surface area contributed by atoms with Crippen LogP contribution in [0.1, 0.15) is 34.1 Å². The highest BCUT2D eigenvalue weighted by Crippen LogP contribution is 2.26. The molecule has 4 nitrogen and oxygen atoms in total. The standard InChI is InChI=1S/C15H16N4S/c16-9-11-5-6-12(10-18-11)17-8-7-15-19-13-3-1-2-4-14(13)20-15/h5-6,10,17H,1-4,7-8H2. The molecule has 1 N–H and O–H groups in total. The van der Waals surface area contributed by atoms with Gasteiger partial charge in [-0.2, -0.15) is 5.26 Å². The van der Waals surface area contributed by atoms with Gasteiger partial charge in [0.2, 0.25) is 0 Å². The summed E-state index contributed by atoms with van der Waals surface area (Å²) in [4.78, 5) is 10.3. The Morgan fingerprint density at radius 2 is 2.20 bits per heavy atom. The van der Waals surface area contributed by atoms with Crippen LogP contribution >= 0.6 is 11.3 Å². The molecule has 0 bridgehead atoms. The van der Waals surface area contributed by atoms with E-state index in [-0.39, 0.29) is 0 Å². The molecule has 0 aliphatic heterocycles. The van der Waals surface area contributed by atoms with Crippen LogP contribution in [0.2, 0.25) is 0 Å². The van der Waals surface area contributed by atoms with Gasteiger partial charge in [-0.05, 0) is 37.8 Å². The number of hydrogen-bond acceptors (Lipinski definition) is 5. The Morgan fingerprint density at radius 3 is 2.95 bits per heavy atom. The highest BCUT2D eigenvalue weighted by Gasteiger charge is 2.14. The van der Waals surface area contributed by atoms with Crippen molar-refractivity contribution in [2.75, 3.05) is 11.9 Å². The second-order valence-corrected chi connectivity index (χ2v) is 6.07. The lowest BCUT2D eigenvalue weighted by molar-refractivity contribution is 0.680. The summed E-state index contributed by atoms with van der Waals surface area (Å²) in [6.07, 6.45) is 7.59. The minimum Gasteiger partial charge on any atom is -0.383 e. The number of hydrogen-bond donors (Lipinski definition) is 1. The van der Waals surface area contributed by atoms with Crippen molar-refractivity contribution in [3.63, 3.8) is 0 Å². The molecule has 102 valence electrons. The molecule has 2 aromatic rings. The highest BCUT2D eigenvalue weighted by atomic mass is 32.1. The minimum absolute atomic E-state index is 0.447. The van der Waals surface area contributed by atoms with E-state index in [9.17, 15) is 0 Å². The first-order valence-corrected chi connectivity index (χ1v) is 7.74. The molecule has 0 atom stereocenters. The van der Waals surface area contributed by atoms with Gasteiger partial charge in [0.05, 0.1) is 22.6 Å².